The lowest BCUT2D eigenvalue weighted by atomic mass is 10.0. The van der Waals surface area contributed by atoms with E-state index in [1.807, 2.05) is 0 Å². The molecule has 100 valence electrons. The van der Waals surface area contributed by atoms with E-state index in [4.69, 9.17) is 11.6 Å². The zero-order valence-electron chi connectivity index (χ0n) is 10.2. The van der Waals surface area contributed by atoms with Crippen molar-refractivity contribution in [3.8, 4) is 0 Å². The predicted octanol–water partition coefficient (Wildman–Crippen LogP) is 3.97. The molecule has 1 unspecified atom stereocenters. The molecule has 1 amide bonds. The average Bonchev–Trinajstić information content (AvgIpc) is 2.37. The largest absolute Gasteiger partial charge is 0.352 e. The molecule has 0 bridgehead atoms. The molecule has 0 aliphatic carbocycles. The molecule has 1 aromatic rings. The molecule has 1 atom stereocenters. The van der Waals surface area contributed by atoms with Crippen LogP contribution in [-0.4, -0.2) is 18.3 Å². The highest BCUT2D eigenvalue weighted by atomic mass is 79.9. The summed E-state index contributed by atoms with van der Waals surface area (Å²) in [6, 6.07) is 4.34. The SMILES string of the molecule is CCC(CCCl)CNC(=O)c1ccc(Br)c(F)c1. The van der Waals surface area contributed by atoms with Gasteiger partial charge in [-0.15, -0.1) is 11.6 Å². The zero-order valence-corrected chi connectivity index (χ0v) is 12.5. The van der Waals surface area contributed by atoms with Crippen LogP contribution in [-0.2, 0) is 0 Å². The van der Waals surface area contributed by atoms with Crippen molar-refractivity contribution in [3.05, 3.63) is 34.1 Å². The number of rotatable bonds is 6. The standard InChI is InChI=1S/C13H16BrClFNO/c1-2-9(5-6-15)8-17-13(18)10-3-4-11(14)12(16)7-10/h3-4,7,9H,2,5-6,8H2,1H3,(H,17,18). The molecule has 0 spiro atoms. The molecule has 0 aromatic heterocycles. The number of alkyl halides is 1. The number of amides is 1. The lowest BCUT2D eigenvalue weighted by molar-refractivity contribution is 0.0946. The van der Waals surface area contributed by atoms with E-state index in [9.17, 15) is 9.18 Å². The molecule has 5 heteroatoms. The first-order chi connectivity index (χ1) is 8.58. The second kappa shape index (κ2) is 7.74. The fourth-order valence-electron chi connectivity index (χ4n) is 1.58. The molecule has 0 saturated carbocycles. The highest BCUT2D eigenvalue weighted by Crippen LogP contribution is 2.16. The van der Waals surface area contributed by atoms with Crippen molar-refractivity contribution < 1.29 is 9.18 Å². The molecule has 1 N–H and O–H groups in total. The van der Waals surface area contributed by atoms with Crippen LogP contribution in [0.1, 0.15) is 30.1 Å². The van der Waals surface area contributed by atoms with E-state index in [1.54, 1.807) is 6.07 Å². The van der Waals surface area contributed by atoms with Crippen LogP contribution in [0.2, 0.25) is 0 Å². The van der Waals surface area contributed by atoms with Crippen LogP contribution in [0.5, 0.6) is 0 Å². The molecule has 2 nitrogen and oxygen atoms in total. The third-order valence-corrected chi connectivity index (χ3v) is 3.69. The Morgan fingerprint density at radius 2 is 2.28 bits per heavy atom. The molecule has 1 rings (SSSR count). The quantitative estimate of drug-likeness (QED) is 0.782. The third kappa shape index (κ3) is 4.58. The molecule has 0 aliphatic heterocycles. The Labute approximate surface area is 120 Å². The van der Waals surface area contributed by atoms with E-state index in [-0.39, 0.29) is 5.91 Å². The molecular formula is C13H16BrClFNO. The van der Waals surface area contributed by atoms with E-state index in [2.05, 4.69) is 28.2 Å². The maximum Gasteiger partial charge on any atom is 0.251 e. The Kier molecular flexibility index (Phi) is 6.65. The summed E-state index contributed by atoms with van der Waals surface area (Å²) in [5.41, 5.74) is 0.330. The molecule has 0 radical (unpaired) electrons. The summed E-state index contributed by atoms with van der Waals surface area (Å²) in [5, 5.41) is 2.80. The Morgan fingerprint density at radius 3 is 2.83 bits per heavy atom. The van der Waals surface area contributed by atoms with Crippen LogP contribution in [0, 0.1) is 11.7 Å². The summed E-state index contributed by atoms with van der Waals surface area (Å²) in [5.74, 6) is 0.262. The van der Waals surface area contributed by atoms with Crippen molar-refractivity contribution in [1.29, 1.82) is 0 Å². The van der Waals surface area contributed by atoms with Crippen LogP contribution in [0.4, 0.5) is 4.39 Å². The summed E-state index contributed by atoms with van der Waals surface area (Å²) < 4.78 is 13.6. The Balaban J connectivity index is 2.57. The second-order valence-corrected chi connectivity index (χ2v) is 5.32. The van der Waals surface area contributed by atoms with Gasteiger partial charge in [-0.05, 0) is 46.5 Å². The lowest BCUT2D eigenvalue weighted by Gasteiger charge is -2.14. The number of halogens is 3. The summed E-state index contributed by atoms with van der Waals surface area (Å²) in [7, 11) is 0. The van der Waals surface area contributed by atoms with E-state index in [0.717, 1.165) is 12.8 Å². The van der Waals surface area contributed by atoms with Gasteiger partial charge in [0.05, 0.1) is 4.47 Å². The van der Waals surface area contributed by atoms with Gasteiger partial charge in [0.15, 0.2) is 0 Å². The average molecular weight is 337 g/mol. The van der Waals surface area contributed by atoms with Crippen molar-refractivity contribution >= 4 is 33.4 Å². The Bertz CT molecular complexity index is 414. The number of carbonyl (C=O) groups excluding carboxylic acids is 1. The van der Waals surface area contributed by atoms with Gasteiger partial charge in [-0.1, -0.05) is 13.3 Å². The first kappa shape index (κ1) is 15.4. The minimum absolute atomic E-state index is 0.255. The van der Waals surface area contributed by atoms with Gasteiger partial charge in [0, 0.05) is 18.0 Å². The predicted molar refractivity (Wildman–Crippen MR) is 75.6 cm³/mol. The summed E-state index contributed by atoms with van der Waals surface area (Å²) in [6.45, 7) is 2.63. The fourth-order valence-corrected chi connectivity index (χ4v) is 2.14. The van der Waals surface area contributed by atoms with Gasteiger partial charge in [-0.2, -0.15) is 0 Å². The first-order valence-electron chi connectivity index (χ1n) is 5.87. The van der Waals surface area contributed by atoms with E-state index < -0.39 is 5.82 Å². The van der Waals surface area contributed by atoms with Crippen LogP contribution in [0.25, 0.3) is 0 Å². The summed E-state index contributed by atoms with van der Waals surface area (Å²) >= 11 is 8.73. The van der Waals surface area contributed by atoms with Crippen LogP contribution >= 0.6 is 27.5 Å². The third-order valence-electron chi connectivity index (χ3n) is 2.83. The van der Waals surface area contributed by atoms with Crippen molar-refractivity contribution in [2.24, 2.45) is 5.92 Å². The number of nitrogens with one attached hydrogen (secondary N) is 1. The van der Waals surface area contributed by atoms with Gasteiger partial charge in [0.25, 0.3) is 5.91 Å². The van der Waals surface area contributed by atoms with Crippen molar-refractivity contribution in [2.45, 2.75) is 19.8 Å². The van der Waals surface area contributed by atoms with Gasteiger partial charge in [-0.3, -0.25) is 4.79 Å². The van der Waals surface area contributed by atoms with Crippen LogP contribution in [0.3, 0.4) is 0 Å². The number of hydrogen-bond acceptors (Lipinski definition) is 1. The maximum absolute atomic E-state index is 13.3. The molecular weight excluding hydrogens is 321 g/mol. The smallest absolute Gasteiger partial charge is 0.251 e. The Hall–Kier alpha value is -0.610. The molecule has 18 heavy (non-hydrogen) atoms. The second-order valence-electron chi connectivity index (χ2n) is 4.09. The van der Waals surface area contributed by atoms with Crippen molar-refractivity contribution in [3.63, 3.8) is 0 Å². The summed E-state index contributed by atoms with van der Waals surface area (Å²) in [4.78, 5) is 11.8. The fraction of sp³-hybridized carbons (Fsp3) is 0.462. The van der Waals surface area contributed by atoms with Crippen LogP contribution in [0.15, 0.2) is 22.7 Å². The molecule has 0 heterocycles. The normalized spacial score (nSPS) is 12.2. The van der Waals surface area contributed by atoms with E-state index in [0.29, 0.717) is 28.4 Å². The van der Waals surface area contributed by atoms with Gasteiger partial charge in [-0.25, -0.2) is 4.39 Å². The highest BCUT2D eigenvalue weighted by Gasteiger charge is 2.11. The molecule has 1 aromatic carbocycles. The highest BCUT2D eigenvalue weighted by molar-refractivity contribution is 9.10. The van der Waals surface area contributed by atoms with E-state index in [1.165, 1.54) is 12.1 Å². The lowest BCUT2D eigenvalue weighted by Crippen LogP contribution is -2.29. The Morgan fingerprint density at radius 1 is 1.56 bits per heavy atom. The van der Waals surface area contributed by atoms with Gasteiger partial charge < -0.3 is 5.32 Å². The van der Waals surface area contributed by atoms with Gasteiger partial charge in [0.1, 0.15) is 5.82 Å². The minimum Gasteiger partial charge on any atom is -0.352 e. The number of carbonyl (C=O) groups is 1. The van der Waals surface area contributed by atoms with Gasteiger partial charge in [0.2, 0.25) is 0 Å². The maximum atomic E-state index is 13.3. The minimum atomic E-state index is -0.435. The molecule has 0 fully saturated rings. The van der Waals surface area contributed by atoms with Gasteiger partial charge >= 0.3 is 0 Å². The molecule has 0 saturated heterocycles. The van der Waals surface area contributed by atoms with Crippen LogP contribution < -0.4 is 5.32 Å². The number of hydrogen-bond donors (Lipinski definition) is 1. The topological polar surface area (TPSA) is 29.1 Å². The summed E-state index contributed by atoms with van der Waals surface area (Å²) in [6.07, 6.45) is 1.83. The van der Waals surface area contributed by atoms with E-state index >= 15 is 0 Å². The molecule has 0 aliphatic rings. The van der Waals surface area contributed by atoms with Crippen molar-refractivity contribution in [2.75, 3.05) is 12.4 Å². The first-order valence-corrected chi connectivity index (χ1v) is 7.20. The zero-order chi connectivity index (χ0) is 13.5. The monoisotopic (exact) mass is 335 g/mol. The van der Waals surface area contributed by atoms with Crippen molar-refractivity contribution in [1.82, 2.24) is 5.32 Å². The number of benzene rings is 1.